The number of ether oxygens (including phenoxy) is 1. The highest BCUT2D eigenvalue weighted by atomic mass is 19.1. The zero-order valence-corrected chi connectivity index (χ0v) is 17.0. The highest BCUT2D eigenvalue weighted by Crippen LogP contribution is 2.27. The summed E-state index contributed by atoms with van der Waals surface area (Å²) in [6.45, 7) is 1.66. The molecule has 7 heteroatoms. The van der Waals surface area contributed by atoms with E-state index in [9.17, 15) is 9.18 Å². The van der Waals surface area contributed by atoms with Crippen LogP contribution in [-0.4, -0.2) is 47.5 Å². The van der Waals surface area contributed by atoms with Gasteiger partial charge < -0.3 is 15.0 Å². The molecule has 0 bridgehead atoms. The number of anilines is 1. The van der Waals surface area contributed by atoms with Gasteiger partial charge >= 0.3 is 0 Å². The summed E-state index contributed by atoms with van der Waals surface area (Å²) < 4.78 is 19.0. The van der Waals surface area contributed by atoms with E-state index in [4.69, 9.17) is 4.74 Å². The summed E-state index contributed by atoms with van der Waals surface area (Å²) in [5, 5.41) is 3.70. The quantitative estimate of drug-likeness (QED) is 0.674. The van der Waals surface area contributed by atoms with E-state index in [0.717, 1.165) is 32.4 Å². The van der Waals surface area contributed by atoms with Gasteiger partial charge in [0.1, 0.15) is 12.1 Å². The monoisotopic (exact) mass is 408 g/mol. The first-order chi connectivity index (χ1) is 14.6. The molecule has 4 rings (SSSR count). The van der Waals surface area contributed by atoms with Crippen molar-refractivity contribution in [1.82, 2.24) is 14.9 Å². The second-order valence-corrected chi connectivity index (χ2v) is 7.59. The van der Waals surface area contributed by atoms with Gasteiger partial charge in [-0.3, -0.25) is 4.79 Å². The Morgan fingerprint density at radius 3 is 2.70 bits per heavy atom. The van der Waals surface area contributed by atoms with Crippen LogP contribution in [0.3, 0.4) is 0 Å². The van der Waals surface area contributed by atoms with E-state index in [-0.39, 0.29) is 18.2 Å². The molecule has 1 aliphatic heterocycles. The van der Waals surface area contributed by atoms with E-state index in [1.54, 1.807) is 6.07 Å². The van der Waals surface area contributed by atoms with E-state index in [2.05, 4.69) is 39.6 Å². The normalized spacial score (nSPS) is 14.7. The van der Waals surface area contributed by atoms with Crippen molar-refractivity contribution in [3.8, 4) is 5.75 Å². The maximum atomic E-state index is 13.9. The van der Waals surface area contributed by atoms with Crippen LogP contribution in [0, 0.1) is 11.7 Å². The summed E-state index contributed by atoms with van der Waals surface area (Å²) in [5.74, 6) is 0.772. The van der Waals surface area contributed by atoms with Crippen LogP contribution in [0.5, 0.6) is 5.75 Å². The zero-order valence-electron chi connectivity index (χ0n) is 17.0. The summed E-state index contributed by atoms with van der Waals surface area (Å²) in [4.78, 5) is 22.9. The van der Waals surface area contributed by atoms with Gasteiger partial charge in [0.05, 0.1) is 19.2 Å². The molecule has 1 saturated heterocycles. The third kappa shape index (κ3) is 4.50. The summed E-state index contributed by atoms with van der Waals surface area (Å²) in [7, 11) is 1.41. The number of rotatable bonds is 6. The molecular formula is C23H25FN4O2. The van der Waals surface area contributed by atoms with Crippen LogP contribution >= 0.6 is 0 Å². The number of nitrogens with zero attached hydrogens (tertiary/aromatic N) is 3. The number of likely N-dealkylation sites (tertiary alicyclic amines) is 1. The number of methoxy groups -OCH3 is 1. The Labute approximate surface area is 175 Å². The lowest BCUT2D eigenvalue weighted by Crippen LogP contribution is -2.41. The lowest BCUT2D eigenvalue weighted by molar-refractivity contribution is -0.130. The van der Waals surface area contributed by atoms with Gasteiger partial charge in [-0.25, -0.2) is 14.4 Å². The Morgan fingerprint density at radius 1 is 1.20 bits per heavy atom. The zero-order chi connectivity index (χ0) is 20.9. The van der Waals surface area contributed by atoms with Crippen molar-refractivity contribution in [2.45, 2.75) is 19.3 Å². The number of carbonyl (C=O) groups is 1. The molecule has 30 heavy (non-hydrogen) atoms. The van der Waals surface area contributed by atoms with E-state index >= 15 is 0 Å². The first kappa shape index (κ1) is 20.1. The van der Waals surface area contributed by atoms with Crippen LogP contribution < -0.4 is 10.1 Å². The van der Waals surface area contributed by atoms with Gasteiger partial charge in [0.2, 0.25) is 5.91 Å². The molecule has 1 amide bonds. The Balaban J connectivity index is 1.34. The van der Waals surface area contributed by atoms with Crippen molar-refractivity contribution in [3.05, 3.63) is 60.2 Å². The Bertz CT molecular complexity index is 1020. The number of amides is 1. The average Bonchev–Trinajstić information content (AvgIpc) is 2.78. The Kier molecular flexibility index (Phi) is 6.07. The van der Waals surface area contributed by atoms with Crippen LogP contribution in [0.25, 0.3) is 10.9 Å². The second kappa shape index (κ2) is 9.07. The van der Waals surface area contributed by atoms with Gasteiger partial charge in [-0.15, -0.1) is 0 Å². The first-order valence-electron chi connectivity index (χ1n) is 10.2. The van der Waals surface area contributed by atoms with Crippen molar-refractivity contribution in [1.29, 1.82) is 0 Å². The topological polar surface area (TPSA) is 67.3 Å². The first-order valence-corrected chi connectivity index (χ1v) is 10.2. The van der Waals surface area contributed by atoms with Crippen LogP contribution in [-0.2, 0) is 11.2 Å². The van der Waals surface area contributed by atoms with Crippen LogP contribution in [0.1, 0.15) is 18.4 Å². The molecule has 0 saturated carbocycles. The van der Waals surface area contributed by atoms with Crippen molar-refractivity contribution in [2.75, 3.05) is 32.1 Å². The van der Waals surface area contributed by atoms with Gasteiger partial charge in [0, 0.05) is 24.5 Å². The molecule has 1 aromatic heterocycles. The van der Waals surface area contributed by atoms with Crippen LogP contribution in [0.4, 0.5) is 10.2 Å². The second-order valence-electron chi connectivity index (χ2n) is 7.59. The number of hydrogen-bond donors (Lipinski definition) is 1. The number of piperidine rings is 1. The minimum absolute atomic E-state index is 0.0361. The smallest absolute Gasteiger partial charge is 0.241 e. The van der Waals surface area contributed by atoms with E-state index in [0.29, 0.717) is 22.6 Å². The molecular weight excluding hydrogens is 383 g/mol. The Hall–Kier alpha value is -3.22. The molecule has 0 aliphatic carbocycles. The minimum Gasteiger partial charge on any atom is -0.494 e. The molecule has 0 unspecified atom stereocenters. The SMILES string of the molecule is COc1cc2c(NCC(=O)N3CCC(Cc4ccccc4)CC3)ncnc2cc1F. The summed E-state index contributed by atoms with van der Waals surface area (Å²) >= 11 is 0. The fourth-order valence-electron chi connectivity index (χ4n) is 3.96. The maximum absolute atomic E-state index is 13.9. The third-order valence-electron chi connectivity index (χ3n) is 5.65. The average molecular weight is 408 g/mol. The van der Waals surface area contributed by atoms with Gasteiger partial charge in [-0.2, -0.15) is 0 Å². The molecule has 2 heterocycles. The van der Waals surface area contributed by atoms with Crippen LogP contribution in [0.15, 0.2) is 48.8 Å². The van der Waals surface area contributed by atoms with Crippen molar-refractivity contribution >= 4 is 22.6 Å². The van der Waals surface area contributed by atoms with Gasteiger partial charge in [0.25, 0.3) is 0 Å². The number of nitrogens with one attached hydrogen (secondary N) is 1. The standard InChI is InChI=1S/C23H25FN4O2/c1-30-21-12-18-20(13-19(21)24)26-15-27-23(18)25-14-22(29)28-9-7-17(8-10-28)11-16-5-3-2-4-6-16/h2-6,12-13,15,17H,7-11,14H2,1H3,(H,25,26,27). The van der Waals surface area contributed by atoms with Crippen LogP contribution in [0.2, 0.25) is 0 Å². The molecule has 1 N–H and O–H groups in total. The minimum atomic E-state index is -0.482. The molecule has 0 atom stereocenters. The van der Waals surface area contributed by atoms with E-state index < -0.39 is 5.82 Å². The molecule has 1 fully saturated rings. The number of fused-ring (bicyclic) bond motifs is 1. The number of carbonyl (C=O) groups excluding carboxylic acids is 1. The summed E-state index contributed by atoms with van der Waals surface area (Å²) in [6.07, 6.45) is 4.43. The number of hydrogen-bond acceptors (Lipinski definition) is 5. The molecule has 0 radical (unpaired) electrons. The molecule has 1 aliphatic rings. The van der Waals surface area contributed by atoms with Crippen molar-refractivity contribution in [2.24, 2.45) is 5.92 Å². The maximum Gasteiger partial charge on any atom is 0.241 e. The fraction of sp³-hybridized carbons (Fsp3) is 0.348. The van der Waals surface area contributed by atoms with Gasteiger partial charge in [0.15, 0.2) is 11.6 Å². The predicted molar refractivity (Wildman–Crippen MR) is 114 cm³/mol. The van der Waals surface area contributed by atoms with Gasteiger partial charge in [-0.1, -0.05) is 30.3 Å². The van der Waals surface area contributed by atoms with E-state index in [1.807, 2.05) is 11.0 Å². The third-order valence-corrected chi connectivity index (χ3v) is 5.65. The molecule has 6 nitrogen and oxygen atoms in total. The largest absolute Gasteiger partial charge is 0.494 e. The lowest BCUT2D eigenvalue weighted by atomic mass is 9.90. The number of halogens is 1. The predicted octanol–water partition coefficient (Wildman–Crippen LogP) is 3.67. The highest BCUT2D eigenvalue weighted by Gasteiger charge is 2.23. The highest BCUT2D eigenvalue weighted by molar-refractivity contribution is 5.91. The molecule has 3 aromatic rings. The Morgan fingerprint density at radius 2 is 1.97 bits per heavy atom. The fourth-order valence-corrected chi connectivity index (χ4v) is 3.96. The number of benzene rings is 2. The van der Waals surface area contributed by atoms with Gasteiger partial charge in [-0.05, 0) is 36.8 Å². The summed E-state index contributed by atoms with van der Waals surface area (Å²) in [6, 6.07) is 13.3. The van der Waals surface area contributed by atoms with Crippen molar-refractivity contribution < 1.29 is 13.9 Å². The van der Waals surface area contributed by atoms with E-state index in [1.165, 1.54) is 25.1 Å². The lowest BCUT2D eigenvalue weighted by Gasteiger charge is -2.32. The molecule has 156 valence electrons. The summed E-state index contributed by atoms with van der Waals surface area (Å²) in [5.41, 5.74) is 1.81. The molecule has 2 aromatic carbocycles. The number of aromatic nitrogens is 2. The van der Waals surface area contributed by atoms with Crippen molar-refractivity contribution in [3.63, 3.8) is 0 Å². The molecule has 0 spiro atoms.